The third-order valence-electron chi connectivity index (χ3n) is 6.36. The van der Waals surface area contributed by atoms with Gasteiger partial charge in [-0.1, -0.05) is 49.7 Å². The first-order valence-electron chi connectivity index (χ1n) is 11.5. The summed E-state index contributed by atoms with van der Waals surface area (Å²) in [6, 6.07) is 12.6. The first kappa shape index (κ1) is 22.5. The molecule has 6 heteroatoms. The summed E-state index contributed by atoms with van der Waals surface area (Å²) in [5.74, 6) is 2.42. The molecule has 2 aromatic heterocycles. The number of carbonyl (C=O) groups excluding carboxylic acids is 1. The first-order chi connectivity index (χ1) is 15.5. The Balaban J connectivity index is 1.60. The molecule has 1 saturated heterocycles. The molecule has 1 atom stereocenters. The minimum Gasteiger partial charge on any atom is -0.353 e. The molecule has 0 radical (unpaired) electrons. The van der Waals surface area contributed by atoms with Crippen molar-refractivity contribution < 1.29 is 4.79 Å². The van der Waals surface area contributed by atoms with E-state index in [1.54, 1.807) is 0 Å². The van der Waals surface area contributed by atoms with Crippen molar-refractivity contribution in [2.75, 3.05) is 31.1 Å². The highest BCUT2D eigenvalue weighted by molar-refractivity contribution is 7.12. The van der Waals surface area contributed by atoms with Crippen LogP contribution < -0.4 is 4.90 Å². The second-order valence-corrected chi connectivity index (χ2v) is 9.65. The molecule has 1 fully saturated rings. The first-order valence-corrected chi connectivity index (χ1v) is 12.3. The van der Waals surface area contributed by atoms with E-state index in [2.05, 4.69) is 56.9 Å². The van der Waals surface area contributed by atoms with Gasteiger partial charge in [0, 0.05) is 49.8 Å². The highest BCUT2D eigenvalue weighted by Crippen LogP contribution is 2.28. The van der Waals surface area contributed by atoms with Crippen LogP contribution in [0.1, 0.15) is 64.1 Å². The van der Waals surface area contributed by atoms with Gasteiger partial charge in [-0.2, -0.15) is 0 Å². The number of carbonyl (C=O) groups is 1. The normalized spacial score (nSPS) is 15.1. The van der Waals surface area contributed by atoms with Crippen molar-refractivity contribution in [3.63, 3.8) is 0 Å². The van der Waals surface area contributed by atoms with E-state index in [-0.39, 0.29) is 5.91 Å². The summed E-state index contributed by atoms with van der Waals surface area (Å²) in [5.41, 5.74) is 4.79. The van der Waals surface area contributed by atoms with Crippen LogP contribution in [0.3, 0.4) is 0 Å². The second kappa shape index (κ2) is 9.82. The molecule has 0 aliphatic carbocycles. The number of thiophene rings is 1. The predicted octanol–water partition coefficient (Wildman–Crippen LogP) is 5.22. The van der Waals surface area contributed by atoms with Crippen LogP contribution in [0.25, 0.3) is 0 Å². The van der Waals surface area contributed by atoms with Crippen molar-refractivity contribution in [1.29, 1.82) is 0 Å². The maximum absolute atomic E-state index is 12.8. The Bertz CT molecular complexity index is 1050. The molecule has 1 aromatic carbocycles. The zero-order chi connectivity index (χ0) is 22.7. The van der Waals surface area contributed by atoms with E-state index >= 15 is 0 Å². The molecule has 4 rings (SSSR count). The molecule has 3 aromatic rings. The second-order valence-electron chi connectivity index (χ2n) is 8.70. The zero-order valence-corrected chi connectivity index (χ0v) is 20.3. The van der Waals surface area contributed by atoms with Gasteiger partial charge in [-0.05, 0) is 37.3 Å². The number of hydrogen-bond donors (Lipinski definition) is 0. The largest absolute Gasteiger partial charge is 0.353 e. The minimum absolute atomic E-state index is 0.138. The van der Waals surface area contributed by atoms with Crippen molar-refractivity contribution in [2.45, 2.75) is 46.5 Å². The van der Waals surface area contributed by atoms with Crippen molar-refractivity contribution in [3.8, 4) is 0 Å². The maximum Gasteiger partial charge on any atom is 0.264 e. The molecule has 0 unspecified atom stereocenters. The smallest absolute Gasteiger partial charge is 0.264 e. The van der Waals surface area contributed by atoms with Crippen LogP contribution >= 0.6 is 11.3 Å². The van der Waals surface area contributed by atoms with E-state index in [0.717, 1.165) is 48.1 Å². The molecule has 3 heterocycles. The Morgan fingerprint density at radius 2 is 1.78 bits per heavy atom. The summed E-state index contributed by atoms with van der Waals surface area (Å²) in [6.45, 7) is 11.6. The van der Waals surface area contributed by atoms with Crippen LogP contribution in [-0.4, -0.2) is 47.0 Å². The molecule has 1 aliphatic rings. The van der Waals surface area contributed by atoms with E-state index in [4.69, 9.17) is 9.97 Å². The Hall–Kier alpha value is -2.73. The molecule has 0 spiro atoms. The molecule has 168 valence electrons. The van der Waals surface area contributed by atoms with Gasteiger partial charge >= 0.3 is 0 Å². The van der Waals surface area contributed by atoms with E-state index in [1.165, 1.54) is 28.0 Å². The van der Waals surface area contributed by atoms with Crippen molar-refractivity contribution in [2.24, 2.45) is 0 Å². The summed E-state index contributed by atoms with van der Waals surface area (Å²) >= 11 is 1.51. The lowest BCUT2D eigenvalue weighted by Crippen LogP contribution is -2.49. The van der Waals surface area contributed by atoms with Gasteiger partial charge in [-0.25, -0.2) is 9.97 Å². The summed E-state index contributed by atoms with van der Waals surface area (Å²) in [7, 11) is 0. The average Bonchev–Trinajstić information content (AvgIpc) is 3.35. The van der Waals surface area contributed by atoms with Gasteiger partial charge in [0.2, 0.25) is 0 Å². The van der Waals surface area contributed by atoms with Crippen LogP contribution in [0.15, 0.2) is 41.8 Å². The Kier molecular flexibility index (Phi) is 6.89. The fourth-order valence-corrected chi connectivity index (χ4v) is 4.75. The molecule has 1 amide bonds. The number of amides is 1. The number of anilines is 1. The lowest BCUT2D eigenvalue weighted by atomic mass is 10.0. The van der Waals surface area contributed by atoms with Gasteiger partial charge in [-0.3, -0.25) is 4.79 Å². The number of hydrogen-bond acceptors (Lipinski definition) is 5. The van der Waals surface area contributed by atoms with E-state index in [9.17, 15) is 4.79 Å². The van der Waals surface area contributed by atoms with Gasteiger partial charge < -0.3 is 9.80 Å². The lowest BCUT2D eigenvalue weighted by molar-refractivity contribution is 0.0751. The van der Waals surface area contributed by atoms with Crippen LogP contribution in [0, 0.1) is 13.8 Å². The van der Waals surface area contributed by atoms with Crippen molar-refractivity contribution in [3.05, 3.63) is 74.9 Å². The molecule has 5 nitrogen and oxygen atoms in total. The van der Waals surface area contributed by atoms with Gasteiger partial charge in [0.25, 0.3) is 5.91 Å². The number of piperazine rings is 1. The Morgan fingerprint density at radius 1 is 1.06 bits per heavy atom. The minimum atomic E-state index is 0.138. The summed E-state index contributed by atoms with van der Waals surface area (Å²) < 4.78 is 0. The number of benzene rings is 1. The van der Waals surface area contributed by atoms with E-state index in [0.29, 0.717) is 19.0 Å². The van der Waals surface area contributed by atoms with Gasteiger partial charge in [0.15, 0.2) is 0 Å². The maximum atomic E-state index is 12.8. The Labute approximate surface area is 195 Å². The molecule has 0 bridgehead atoms. The molecular formula is C26H32N4OS. The van der Waals surface area contributed by atoms with Crippen LogP contribution in [0.5, 0.6) is 0 Å². The lowest BCUT2D eigenvalue weighted by Gasteiger charge is -2.36. The van der Waals surface area contributed by atoms with Crippen LogP contribution in [-0.2, 0) is 6.42 Å². The van der Waals surface area contributed by atoms with Crippen molar-refractivity contribution in [1.82, 2.24) is 14.9 Å². The third-order valence-corrected chi connectivity index (χ3v) is 7.22. The number of nitrogens with zero attached hydrogens (tertiary/aromatic N) is 4. The highest BCUT2D eigenvalue weighted by Gasteiger charge is 2.26. The number of aryl methyl sites for hydroxylation is 2. The molecule has 0 N–H and O–H groups in total. The van der Waals surface area contributed by atoms with Gasteiger partial charge in [-0.15, -0.1) is 11.3 Å². The molecule has 0 saturated carbocycles. The molecular weight excluding hydrogens is 416 g/mol. The van der Waals surface area contributed by atoms with Gasteiger partial charge in [0.1, 0.15) is 11.6 Å². The fraction of sp³-hybridized carbons (Fsp3) is 0.423. The molecule has 1 aliphatic heterocycles. The quantitative estimate of drug-likeness (QED) is 0.519. The number of aromatic nitrogens is 2. The van der Waals surface area contributed by atoms with Gasteiger partial charge in [0.05, 0.1) is 4.88 Å². The van der Waals surface area contributed by atoms with Crippen LogP contribution in [0.4, 0.5) is 5.82 Å². The van der Waals surface area contributed by atoms with Crippen LogP contribution in [0.2, 0.25) is 0 Å². The van der Waals surface area contributed by atoms with Crippen molar-refractivity contribution >= 4 is 23.1 Å². The summed E-state index contributed by atoms with van der Waals surface area (Å²) in [5, 5.41) is 1.96. The monoisotopic (exact) mass is 448 g/mol. The topological polar surface area (TPSA) is 49.3 Å². The Morgan fingerprint density at radius 3 is 2.41 bits per heavy atom. The standard InChI is InChI=1S/C26H32N4OS/c1-5-19(3)24-27-20(4)22(17-21-10-8-18(2)9-11-21)25(28-24)29-12-14-30(15-13-29)26(31)23-7-6-16-32-23/h6-11,16,19H,5,12-15,17H2,1-4H3/t19-/m0/s1. The summed E-state index contributed by atoms with van der Waals surface area (Å²) in [6.07, 6.45) is 1.83. The third kappa shape index (κ3) is 4.85. The predicted molar refractivity (Wildman–Crippen MR) is 132 cm³/mol. The SMILES string of the molecule is CC[C@H](C)c1nc(C)c(Cc2ccc(C)cc2)c(N2CCN(C(=O)c3cccs3)CC2)n1. The highest BCUT2D eigenvalue weighted by atomic mass is 32.1. The molecule has 32 heavy (non-hydrogen) atoms. The number of rotatable bonds is 6. The van der Waals surface area contributed by atoms with E-state index < -0.39 is 0 Å². The summed E-state index contributed by atoms with van der Waals surface area (Å²) in [4.78, 5) is 27.9. The average molecular weight is 449 g/mol. The fourth-order valence-electron chi connectivity index (χ4n) is 4.06. The van der Waals surface area contributed by atoms with E-state index in [1.807, 2.05) is 22.4 Å². The zero-order valence-electron chi connectivity index (χ0n) is 19.5.